The van der Waals surface area contributed by atoms with Gasteiger partial charge in [0.25, 0.3) is 5.91 Å². The summed E-state index contributed by atoms with van der Waals surface area (Å²) in [6.45, 7) is 4.29. The third-order valence-corrected chi connectivity index (χ3v) is 3.74. The quantitative estimate of drug-likeness (QED) is 0.592. The van der Waals surface area contributed by atoms with Gasteiger partial charge in [-0.2, -0.15) is 0 Å². The lowest BCUT2D eigenvalue weighted by Crippen LogP contribution is -2.41. The Bertz CT molecular complexity index is 756. The van der Waals surface area contributed by atoms with Crippen LogP contribution in [0.15, 0.2) is 48.8 Å². The third-order valence-electron chi connectivity index (χ3n) is 3.74. The molecule has 1 aromatic heterocycles. The predicted molar refractivity (Wildman–Crippen MR) is 98.4 cm³/mol. The van der Waals surface area contributed by atoms with E-state index < -0.39 is 11.8 Å². The van der Waals surface area contributed by atoms with E-state index in [0.29, 0.717) is 17.0 Å². The topological polar surface area (TPSA) is 88.2 Å². The number of aromatic nitrogens is 1. The summed E-state index contributed by atoms with van der Waals surface area (Å²) in [5.74, 6) is -0.428. The number of Topliss-reactive ketones (excluding diaryl/α,β-unsaturated/α-hetero) is 1. The standard InChI is InChI=1S/C20H23N3O3/c1-14(2)12-15-5-7-16(8-6-15)18(24)9-10-19(25)22-23-20(26)17-4-3-11-21-13-17/h3-8,11,13-14H,9-10,12H2,1-2H3,(H,22,25)(H,23,26). The fourth-order valence-corrected chi connectivity index (χ4v) is 2.43. The van der Waals surface area contributed by atoms with Gasteiger partial charge in [0.1, 0.15) is 0 Å². The second kappa shape index (κ2) is 9.46. The Morgan fingerprint density at radius 2 is 1.69 bits per heavy atom. The summed E-state index contributed by atoms with van der Waals surface area (Å²) >= 11 is 0. The lowest BCUT2D eigenvalue weighted by molar-refractivity contribution is -0.121. The van der Waals surface area contributed by atoms with E-state index in [0.717, 1.165) is 6.42 Å². The van der Waals surface area contributed by atoms with Crippen molar-refractivity contribution in [2.75, 3.05) is 0 Å². The number of rotatable bonds is 7. The normalized spacial score (nSPS) is 10.4. The molecule has 0 aliphatic carbocycles. The van der Waals surface area contributed by atoms with Crippen LogP contribution < -0.4 is 10.9 Å². The Hall–Kier alpha value is -3.02. The molecule has 2 amide bonds. The molecule has 0 aliphatic rings. The van der Waals surface area contributed by atoms with Gasteiger partial charge in [0, 0.05) is 30.8 Å². The van der Waals surface area contributed by atoms with Crippen LogP contribution in [0, 0.1) is 5.92 Å². The highest BCUT2D eigenvalue weighted by atomic mass is 16.2. The van der Waals surface area contributed by atoms with Gasteiger partial charge in [0.05, 0.1) is 5.56 Å². The van der Waals surface area contributed by atoms with Gasteiger partial charge in [-0.25, -0.2) is 0 Å². The lowest BCUT2D eigenvalue weighted by atomic mass is 9.99. The first-order chi connectivity index (χ1) is 12.5. The molecule has 26 heavy (non-hydrogen) atoms. The van der Waals surface area contributed by atoms with Crippen molar-refractivity contribution in [2.24, 2.45) is 5.92 Å². The van der Waals surface area contributed by atoms with Gasteiger partial charge >= 0.3 is 0 Å². The number of pyridine rings is 1. The molecule has 0 fully saturated rings. The molecule has 6 nitrogen and oxygen atoms in total. The lowest BCUT2D eigenvalue weighted by Gasteiger charge is -2.08. The molecular weight excluding hydrogens is 330 g/mol. The van der Waals surface area contributed by atoms with Crippen molar-refractivity contribution in [1.29, 1.82) is 0 Å². The Balaban J connectivity index is 1.76. The van der Waals surface area contributed by atoms with Crippen molar-refractivity contribution in [3.63, 3.8) is 0 Å². The minimum Gasteiger partial charge on any atom is -0.294 e. The molecule has 2 aromatic rings. The zero-order valence-corrected chi connectivity index (χ0v) is 15.0. The highest BCUT2D eigenvalue weighted by Gasteiger charge is 2.11. The molecule has 136 valence electrons. The first-order valence-electron chi connectivity index (χ1n) is 8.57. The van der Waals surface area contributed by atoms with Crippen molar-refractivity contribution in [1.82, 2.24) is 15.8 Å². The van der Waals surface area contributed by atoms with Gasteiger partial charge < -0.3 is 0 Å². The van der Waals surface area contributed by atoms with Gasteiger partial charge in [0.2, 0.25) is 5.91 Å². The van der Waals surface area contributed by atoms with E-state index in [1.54, 1.807) is 30.5 Å². The van der Waals surface area contributed by atoms with Gasteiger partial charge in [-0.05, 0) is 30.0 Å². The van der Waals surface area contributed by atoms with Gasteiger partial charge in [-0.15, -0.1) is 0 Å². The number of carbonyl (C=O) groups excluding carboxylic acids is 3. The Morgan fingerprint density at radius 3 is 2.31 bits per heavy atom. The number of ketones is 1. The van der Waals surface area contributed by atoms with Gasteiger partial charge in [-0.3, -0.25) is 30.2 Å². The zero-order chi connectivity index (χ0) is 18.9. The average Bonchev–Trinajstić information content (AvgIpc) is 2.65. The number of nitrogens with one attached hydrogen (secondary N) is 2. The number of hydrogen-bond acceptors (Lipinski definition) is 4. The minimum absolute atomic E-state index is 0.000101. The number of hydrazine groups is 1. The number of benzene rings is 1. The van der Waals surface area contributed by atoms with Crippen molar-refractivity contribution in [3.05, 3.63) is 65.5 Å². The van der Waals surface area contributed by atoms with Crippen LogP contribution >= 0.6 is 0 Å². The third kappa shape index (κ3) is 6.12. The van der Waals surface area contributed by atoms with E-state index in [1.807, 2.05) is 12.1 Å². The Kier molecular flexibility index (Phi) is 7.02. The Morgan fingerprint density at radius 1 is 0.962 bits per heavy atom. The molecule has 0 aliphatic heterocycles. The predicted octanol–water partition coefficient (Wildman–Crippen LogP) is 2.70. The van der Waals surface area contributed by atoms with Crippen LogP contribution in [0.5, 0.6) is 0 Å². The van der Waals surface area contributed by atoms with E-state index >= 15 is 0 Å². The summed E-state index contributed by atoms with van der Waals surface area (Å²) in [5.41, 5.74) is 6.71. The summed E-state index contributed by atoms with van der Waals surface area (Å²) in [6, 6.07) is 10.7. The van der Waals surface area contributed by atoms with Gasteiger partial charge in [-0.1, -0.05) is 38.1 Å². The Labute approximate surface area is 153 Å². The minimum atomic E-state index is -0.460. The monoisotopic (exact) mass is 353 g/mol. The molecular formula is C20H23N3O3. The maximum atomic E-state index is 12.2. The zero-order valence-electron chi connectivity index (χ0n) is 15.0. The van der Waals surface area contributed by atoms with Crippen molar-refractivity contribution in [2.45, 2.75) is 33.1 Å². The molecule has 1 aromatic carbocycles. The van der Waals surface area contributed by atoms with E-state index in [-0.39, 0.29) is 18.6 Å². The van der Waals surface area contributed by atoms with E-state index in [9.17, 15) is 14.4 Å². The van der Waals surface area contributed by atoms with Crippen LogP contribution in [-0.4, -0.2) is 22.6 Å². The van der Waals surface area contributed by atoms with E-state index in [4.69, 9.17) is 0 Å². The average molecular weight is 353 g/mol. The molecule has 0 radical (unpaired) electrons. The molecule has 2 N–H and O–H groups in total. The SMILES string of the molecule is CC(C)Cc1ccc(C(=O)CCC(=O)NNC(=O)c2cccnc2)cc1. The number of hydrogen-bond donors (Lipinski definition) is 2. The summed E-state index contributed by atoms with van der Waals surface area (Å²) in [6.07, 6.45) is 4.00. The van der Waals surface area contributed by atoms with E-state index in [1.165, 1.54) is 11.8 Å². The number of amides is 2. The molecule has 2 rings (SSSR count). The van der Waals surface area contributed by atoms with Crippen LogP contribution in [0.3, 0.4) is 0 Å². The smallest absolute Gasteiger partial charge is 0.271 e. The van der Waals surface area contributed by atoms with Gasteiger partial charge in [0.15, 0.2) is 5.78 Å². The van der Waals surface area contributed by atoms with Crippen LogP contribution in [-0.2, 0) is 11.2 Å². The van der Waals surface area contributed by atoms with Crippen molar-refractivity contribution < 1.29 is 14.4 Å². The molecule has 0 unspecified atom stereocenters. The molecule has 0 atom stereocenters. The second-order valence-electron chi connectivity index (χ2n) is 6.46. The molecule has 1 heterocycles. The summed E-state index contributed by atoms with van der Waals surface area (Å²) in [7, 11) is 0. The highest BCUT2D eigenvalue weighted by molar-refractivity contribution is 5.98. The molecule has 0 saturated heterocycles. The fourth-order valence-electron chi connectivity index (χ4n) is 2.43. The van der Waals surface area contributed by atoms with Crippen molar-refractivity contribution >= 4 is 17.6 Å². The van der Waals surface area contributed by atoms with Crippen LogP contribution in [0.1, 0.15) is 53.0 Å². The molecule has 6 heteroatoms. The second-order valence-corrected chi connectivity index (χ2v) is 6.46. The van der Waals surface area contributed by atoms with Crippen LogP contribution in [0.2, 0.25) is 0 Å². The first-order valence-corrected chi connectivity index (χ1v) is 8.57. The summed E-state index contributed by atoms with van der Waals surface area (Å²) in [4.78, 5) is 39.6. The maximum Gasteiger partial charge on any atom is 0.271 e. The molecule has 0 spiro atoms. The number of nitrogens with zero attached hydrogens (tertiary/aromatic N) is 1. The largest absolute Gasteiger partial charge is 0.294 e. The summed E-state index contributed by atoms with van der Waals surface area (Å²) in [5, 5.41) is 0. The molecule has 0 bridgehead atoms. The molecule has 0 saturated carbocycles. The van der Waals surface area contributed by atoms with Crippen LogP contribution in [0.25, 0.3) is 0 Å². The highest BCUT2D eigenvalue weighted by Crippen LogP contribution is 2.12. The first kappa shape index (κ1) is 19.3. The summed E-state index contributed by atoms with van der Waals surface area (Å²) < 4.78 is 0. The number of carbonyl (C=O) groups is 3. The fraction of sp³-hybridized carbons (Fsp3) is 0.300. The van der Waals surface area contributed by atoms with E-state index in [2.05, 4.69) is 29.7 Å². The van der Waals surface area contributed by atoms with Crippen LogP contribution in [0.4, 0.5) is 0 Å². The van der Waals surface area contributed by atoms with Crippen molar-refractivity contribution in [3.8, 4) is 0 Å². The maximum absolute atomic E-state index is 12.2.